The lowest BCUT2D eigenvalue weighted by molar-refractivity contribution is -0.139. The number of carbonyl (C=O) groups is 1. The molecule has 0 saturated heterocycles. The third-order valence-corrected chi connectivity index (χ3v) is 8.29. The summed E-state index contributed by atoms with van der Waals surface area (Å²) in [4.78, 5) is 11.8. The number of carboxylic acid groups (broad SMARTS) is 1. The summed E-state index contributed by atoms with van der Waals surface area (Å²) in [5.74, 6) is -2.16. The fraction of sp³-hybridized carbons (Fsp3) is 0.132. The van der Waals surface area contributed by atoms with Crippen LogP contribution in [0.4, 0.5) is 17.6 Å². The van der Waals surface area contributed by atoms with Gasteiger partial charge in [-0.15, -0.1) is 11.8 Å². The van der Waals surface area contributed by atoms with Crippen molar-refractivity contribution in [3.05, 3.63) is 149 Å². The van der Waals surface area contributed by atoms with E-state index in [1.54, 1.807) is 30.3 Å². The van der Waals surface area contributed by atoms with Crippen molar-refractivity contribution >= 4 is 23.3 Å². The second kappa shape index (κ2) is 15.0. The van der Waals surface area contributed by atoms with Crippen LogP contribution in [0.3, 0.4) is 0 Å². The van der Waals surface area contributed by atoms with Gasteiger partial charge in [0.1, 0.15) is 34.8 Å². The number of aliphatic carboxylic acids is 1. The van der Waals surface area contributed by atoms with Crippen molar-refractivity contribution in [3.63, 3.8) is 0 Å². The standard InChI is InChI=1S/C38H30F4O4S/c1-3-45-36(22-47-30-14-17-35(23(2)18-30)46-21-37(43)44)38(26-8-4-24(5-9-26)31-15-12-28(39)19-33(31)41)27-10-6-25(7-11-27)32-16-13-29(40)20-34(32)42/h4-20H,3,21-22H2,1-2H3,(H,43,44). The third-order valence-electron chi connectivity index (χ3n) is 7.30. The van der Waals surface area contributed by atoms with Gasteiger partial charge in [-0.2, -0.15) is 0 Å². The van der Waals surface area contributed by atoms with Crippen LogP contribution in [0, 0.1) is 30.2 Å². The van der Waals surface area contributed by atoms with E-state index in [9.17, 15) is 22.4 Å². The average molecular weight is 659 g/mol. The van der Waals surface area contributed by atoms with Crippen LogP contribution in [0.15, 0.2) is 114 Å². The van der Waals surface area contributed by atoms with Crippen molar-refractivity contribution in [2.45, 2.75) is 18.7 Å². The number of ether oxygens (including phenoxy) is 2. The van der Waals surface area contributed by atoms with E-state index in [2.05, 4.69) is 0 Å². The van der Waals surface area contributed by atoms with Gasteiger partial charge >= 0.3 is 5.97 Å². The van der Waals surface area contributed by atoms with E-state index in [0.717, 1.165) is 39.3 Å². The number of aryl methyl sites for hydroxylation is 1. The summed E-state index contributed by atoms with van der Waals surface area (Å²) < 4.78 is 67.7. The first-order chi connectivity index (χ1) is 22.6. The molecular formula is C38H30F4O4S. The third kappa shape index (κ3) is 8.23. The van der Waals surface area contributed by atoms with E-state index in [1.165, 1.54) is 36.0 Å². The lowest BCUT2D eigenvalue weighted by atomic mass is 9.93. The number of hydrogen-bond donors (Lipinski definition) is 1. The van der Waals surface area contributed by atoms with Crippen LogP contribution in [0.5, 0.6) is 5.75 Å². The number of halogens is 4. The molecule has 0 aliphatic rings. The van der Waals surface area contributed by atoms with E-state index >= 15 is 0 Å². The SMILES string of the molecule is CCOC(CSc1ccc(OCC(=O)O)c(C)c1)=C(c1ccc(-c2ccc(F)cc2F)cc1)c1ccc(-c2ccc(F)cc2F)cc1. The van der Waals surface area contributed by atoms with Gasteiger partial charge in [0.2, 0.25) is 0 Å². The molecular weight excluding hydrogens is 628 g/mol. The highest BCUT2D eigenvalue weighted by Crippen LogP contribution is 2.35. The highest BCUT2D eigenvalue weighted by Gasteiger charge is 2.17. The highest BCUT2D eigenvalue weighted by atomic mass is 32.2. The largest absolute Gasteiger partial charge is 0.497 e. The summed E-state index contributed by atoms with van der Waals surface area (Å²) in [6.45, 7) is 3.65. The number of thioether (sulfide) groups is 1. The topological polar surface area (TPSA) is 55.8 Å². The second-order valence-electron chi connectivity index (χ2n) is 10.5. The minimum atomic E-state index is -1.06. The fourth-order valence-electron chi connectivity index (χ4n) is 5.09. The van der Waals surface area contributed by atoms with Gasteiger partial charge in [-0.05, 0) is 84.1 Å². The van der Waals surface area contributed by atoms with Crippen LogP contribution in [-0.4, -0.2) is 30.0 Å². The number of rotatable bonds is 12. The van der Waals surface area contributed by atoms with Gasteiger partial charge < -0.3 is 14.6 Å². The monoisotopic (exact) mass is 658 g/mol. The first-order valence-corrected chi connectivity index (χ1v) is 15.7. The lowest BCUT2D eigenvalue weighted by Crippen LogP contribution is -2.10. The van der Waals surface area contributed by atoms with Crippen molar-refractivity contribution in [3.8, 4) is 28.0 Å². The van der Waals surface area contributed by atoms with E-state index in [-0.39, 0.29) is 11.1 Å². The van der Waals surface area contributed by atoms with Crippen LogP contribution in [0.25, 0.3) is 27.8 Å². The Balaban J connectivity index is 1.53. The first kappa shape index (κ1) is 33.3. The zero-order valence-electron chi connectivity index (χ0n) is 25.5. The molecule has 0 radical (unpaired) electrons. The summed E-state index contributed by atoms with van der Waals surface area (Å²) in [6, 6.07) is 26.7. The Morgan fingerprint density at radius 2 is 1.26 bits per heavy atom. The van der Waals surface area contributed by atoms with Gasteiger partial charge in [0, 0.05) is 33.7 Å². The molecule has 0 aliphatic heterocycles. The quantitative estimate of drug-likeness (QED) is 0.0822. The molecule has 47 heavy (non-hydrogen) atoms. The molecule has 0 saturated carbocycles. The van der Waals surface area contributed by atoms with E-state index < -0.39 is 35.8 Å². The molecule has 0 aromatic heterocycles. The molecule has 0 bridgehead atoms. The van der Waals surface area contributed by atoms with Crippen LogP contribution in [-0.2, 0) is 9.53 Å². The maximum Gasteiger partial charge on any atom is 0.341 e. The Labute approximate surface area is 274 Å². The van der Waals surface area contributed by atoms with Gasteiger partial charge in [0.25, 0.3) is 0 Å². The van der Waals surface area contributed by atoms with Gasteiger partial charge in [0.05, 0.1) is 12.4 Å². The molecule has 5 aromatic rings. The van der Waals surface area contributed by atoms with E-state index in [1.807, 2.05) is 50.2 Å². The van der Waals surface area contributed by atoms with E-state index in [0.29, 0.717) is 35.0 Å². The second-order valence-corrected chi connectivity index (χ2v) is 11.6. The molecule has 0 heterocycles. The molecule has 4 nitrogen and oxygen atoms in total. The Morgan fingerprint density at radius 1 is 0.723 bits per heavy atom. The van der Waals surface area contributed by atoms with Gasteiger partial charge in [-0.1, -0.05) is 48.5 Å². The maximum atomic E-state index is 14.6. The Hall–Kier alpha value is -5.02. The van der Waals surface area contributed by atoms with E-state index in [4.69, 9.17) is 14.6 Å². The molecule has 0 aliphatic carbocycles. The Bertz CT molecular complexity index is 1830. The van der Waals surface area contributed by atoms with Crippen molar-refractivity contribution in [1.29, 1.82) is 0 Å². The summed E-state index contributed by atoms with van der Waals surface area (Å²) in [5.41, 5.74) is 4.76. The van der Waals surface area contributed by atoms with Crippen molar-refractivity contribution in [2.24, 2.45) is 0 Å². The molecule has 5 aromatic carbocycles. The fourth-order valence-corrected chi connectivity index (χ4v) is 6.04. The molecule has 0 spiro atoms. The molecule has 0 fully saturated rings. The Morgan fingerprint density at radius 3 is 1.70 bits per heavy atom. The van der Waals surface area contributed by atoms with Gasteiger partial charge in [-0.25, -0.2) is 22.4 Å². The number of carboxylic acids is 1. The molecule has 240 valence electrons. The predicted octanol–water partition coefficient (Wildman–Crippen LogP) is 9.94. The van der Waals surface area contributed by atoms with Gasteiger partial charge in [0.15, 0.2) is 6.61 Å². The molecule has 5 rings (SSSR count). The zero-order valence-corrected chi connectivity index (χ0v) is 26.3. The molecule has 0 unspecified atom stereocenters. The van der Waals surface area contributed by atoms with Crippen LogP contribution >= 0.6 is 11.8 Å². The van der Waals surface area contributed by atoms with Crippen LogP contribution in [0.1, 0.15) is 23.6 Å². The first-order valence-electron chi connectivity index (χ1n) is 14.7. The summed E-state index contributed by atoms with van der Waals surface area (Å²) in [6.07, 6.45) is 0. The van der Waals surface area contributed by atoms with Gasteiger partial charge in [-0.3, -0.25) is 0 Å². The molecule has 9 heteroatoms. The minimum absolute atomic E-state index is 0.265. The average Bonchev–Trinajstić information content (AvgIpc) is 3.04. The maximum absolute atomic E-state index is 14.6. The van der Waals surface area contributed by atoms with Crippen molar-refractivity contribution in [2.75, 3.05) is 19.0 Å². The summed E-state index contributed by atoms with van der Waals surface area (Å²) in [7, 11) is 0. The highest BCUT2D eigenvalue weighted by molar-refractivity contribution is 7.99. The smallest absolute Gasteiger partial charge is 0.341 e. The lowest BCUT2D eigenvalue weighted by Gasteiger charge is -2.18. The molecule has 1 N–H and O–H groups in total. The van der Waals surface area contributed by atoms with Crippen LogP contribution in [0.2, 0.25) is 0 Å². The summed E-state index contributed by atoms with van der Waals surface area (Å²) in [5, 5.41) is 8.94. The normalized spacial score (nSPS) is 10.9. The van der Waals surface area contributed by atoms with Crippen molar-refractivity contribution < 1.29 is 36.9 Å². The van der Waals surface area contributed by atoms with Crippen LogP contribution < -0.4 is 4.74 Å². The Kier molecular flexibility index (Phi) is 10.7. The summed E-state index contributed by atoms with van der Waals surface area (Å²) >= 11 is 1.52. The molecule has 0 amide bonds. The van der Waals surface area contributed by atoms with Crippen molar-refractivity contribution in [1.82, 2.24) is 0 Å². The number of benzene rings is 5. The number of hydrogen-bond acceptors (Lipinski definition) is 4. The predicted molar refractivity (Wildman–Crippen MR) is 176 cm³/mol. The minimum Gasteiger partial charge on any atom is -0.497 e. The molecule has 0 atom stereocenters. The zero-order chi connectivity index (χ0) is 33.5.